The number of cyclic esters (lactones) is 1. The predicted molar refractivity (Wildman–Crippen MR) is 200 cm³/mol. The quantitative estimate of drug-likeness (QED) is 0.115. The van der Waals surface area contributed by atoms with Crippen molar-refractivity contribution in [2.24, 2.45) is 17.8 Å². The molecule has 13 atom stereocenters. The molecule has 3 aliphatic rings. The van der Waals surface area contributed by atoms with Crippen LogP contribution in [0.2, 0.25) is 0 Å². The van der Waals surface area contributed by atoms with E-state index in [0.717, 1.165) is 13.0 Å². The van der Waals surface area contributed by atoms with Crippen LogP contribution in [0.3, 0.4) is 0 Å². The highest BCUT2D eigenvalue weighted by Gasteiger charge is 2.55. The fourth-order valence-corrected chi connectivity index (χ4v) is 8.45. The van der Waals surface area contributed by atoms with Gasteiger partial charge in [-0.15, -0.1) is 0 Å². The fraction of sp³-hybridized carbons (Fsp3) is 0.923. The number of fused-ring (bicyclic) bond motifs is 1. The van der Waals surface area contributed by atoms with Crippen LogP contribution in [0.25, 0.3) is 0 Å². The van der Waals surface area contributed by atoms with Gasteiger partial charge in [-0.05, 0) is 86.5 Å². The molecule has 3 heterocycles. The predicted octanol–water partition coefficient (Wildman–Crippen LogP) is 4.18. The molecule has 0 saturated carbocycles. The Morgan fingerprint density at radius 1 is 1.02 bits per heavy atom. The monoisotopic (exact) mass is 741 g/mol. The maximum Gasteiger partial charge on any atom is 0.408 e. The van der Waals surface area contributed by atoms with Gasteiger partial charge in [0.1, 0.15) is 18.1 Å². The first-order valence-corrected chi connectivity index (χ1v) is 19.9. The van der Waals surface area contributed by atoms with Crippen molar-refractivity contribution in [3.8, 4) is 0 Å². The highest BCUT2D eigenvalue weighted by molar-refractivity contribution is 6.00. The van der Waals surface area contributed by atoms with Crippen molar-refractivity contribution in [1.29, 1.82) is 0 Å². The average Bonchev–Trinajstić information content (AvgIpc) is 3.42. The van der Waals surface area contributed by atoms with E-state index in [1.165, 1.54) is 39.0 Å². The molecule has 0 spiro atoms. The molecular formula is C39H72N4O9. The van der Waals surface area contributed by atoms with Crippen molar-refractivity contribution < 1.29 is 43.2 Å². The average molecular weight is 741 g/mol. The number of ketones is 1. The van der Waals surface area contributed by atoms with Crippen LogP contribution >= 0.6 is 0 Å². The second-order valence-corrected chi connectivity index (χ2v) is 16.4. The van der Waals surface area contributed by atoms with Gasteiger partial charge in [0, 0.05) is 31.7 Å². The van der Waals surface area contributed by atoms with Crippen LogP contribution < -0.4 is 16.0 Å². The molecule has 302 valence electrons. The molecule has 0 aromatic carbocycles. The van der Waals surface area contributed by atoms with Crippen LogP contribution in [0.1, 0.15) is 113 Å². The molecule has 3 fully saturated rings. The molecule has 3 saturated heterocycles. The van der Waals surface area contributed by atoms with Crippen molar-refractivity contribution in [3.63, 3.8) is 0 Å². The van der Waals surface area contributed by atoms with Crippen molar-refractivity contribution in [2.45, 2.75) is 173 Å². The summed E-state index contributed by atoms with van der Waals surface area (Å²) in [5, 5.41) is 21.7. The normalized spacial score (nSPS) is 39.6. The molecule has 4 N–H and O–H groups in total. The zero-order valence-corrected chi connectivity index (χ0v) is 34.0. The van der Waals surface area contributed by atoms with Gasteiger partial charge in [-0.2, -0.15) is 0 Å². The molecule has 0 bridgehead atoms. The Kier molecular flexibility index (Phi) is 17.3. The van der Waals surface area contributed by atoms with Crippen LogP contribution in [-0.4, -0.2) is 129 Å². The van der Waals surface area contributed by atoms with E-state index in [2.05, 4.69) is 29.8 Å². The van der Waals surface area contributed by atoms with Crippen molar-refractivity contribution in [2.75, 3.05) is 40.8 Å². The number of hydrogen-bond acceptors (Lipinski definition) is 12. The van der Waals surface area contributed by atoms with Crippen LogP contribution in [0, 0.1) is 17.8 Å². The first-order valence-electron chi connectivity index (χ1n) is 19.9. The van der Waals surface area contributed by atoms with Gasteiger partial charge in [0.05, 0.1) is 23.9 Å². The van der Waals surface area contributed by atoms with E-state index in [9.17, 15) is 19.5 Å². The van der Waals surface area contributed by atoms with Gasteiger partial charge >= 0.3 is 12.1 Å². The number of amides is 1. The third-order valence-electron chi connectivity index (χ3n) is 11.8. The van der Waals surface area contributed by atoms with E-state index in [-0.39, 0.29) is 29.9 Å². The lowest BCUT2D eigenvalue weighted by molar-refractivity contribution is -0.297. The summed E-state index contributed by atoms with van der Waals surface area (Å²) in [5.74, 6) is -3.04. The summed E-state index contributed by atoms with van der Waals surface area (Å²) in [4.78, 5) is 42.5. The smallest absolute Gasteiger partial charge is 0.408 e. The fourth-order valence-electron chi connectivity index (χ4n) is 8.45. The molecular weight excluding hydrogens is 668 g/mol. The number of rotatable bonds is 14. The van der Waals surface area contributed by atoms with E-state index in [1.54, 1.807) is 21.0 Å². The highest BCUT2D eigenvalue weighted by Crippen LogP contribution is 2.37. The number of carbonyl (C=O) groups is 3. The van der Waals surface area contributed by atoms with Gasteiger partial charge < -0.3 is 49.6 Å². The molecule has 0 aromatic heterocycles. The summed E-state index contributed by atoms with van der Waals surface area (Å²) in [6.07, 6.45) is 4.26. The van der Waals surface area contributed by atoms with E-state index in [0.29, 0.717) is 32.4 Å². The first-order chi connectivity index (χ1) is 24.5. The Hall–Kier alpha value is -1.87. The standard InChI is InChI=1S/C39H72N4O9/c1-12-14-15-16-17-18-19-40-23-28-20-29(43(9)10)32(45)36(49-28)51-34-25(4)31(44)26(5)35(46)50-30(13-2)39(8)33(42-37(47)52-39)27(6)41-22-24(3)21-38(34,7)48-11/h24-30,32-34,36,40-41,45H,12-23H2,1-11H3,(H,42,47)/t24-,25+,26?,27-,28?,29?,30-,32?,33-,34-,36+,38-,39-/m1/s1. The number of alkyl carbamates (subject to hydrolysis) is 1. The number of likely N-dealkylation sites (N-methyl/N-ethyl adjacent to an activating group) is 1. The Balaban J connectivity index is 1.90. The van der Waals surface area contributed by atoms with Crippen LogP contribution in [0.4, 0.5) is 4.79 Å². The number of methoxy groups -OCH3 is 1. The number of ether oxygens (including phenoxy) is 5. The number of aliphatic hydroxyl groups is 1. The summed E-state index contributed by atoms with van der Waals surface area (Å²) in [7, 11) is 5.47. The minimum Gasteiger partial charge on any atom is -0.458 e. The van der Waals surface area contributed by atoms with Crippen molar-refractivity contribution in [1.82, 2.24) is 20.9 Å². The Morgan fingerprint density at radius 2 is 1.69 bits per heavy atom. The van der Waals surface area contributed by atoms with Gasteiger partial charge in [0.25, 0.3) is 0 Å². The van der Waals surface area contributed by atoms with Crippen molar-refractivity contribution in [3.05, 3.63) is 0 Å². The number of aliphatic hydroxyl groups excluding tert-OH is 1. The molecule has 0 aliphatic carbocycles. The third-order valence-corrected chi connectivity index (χ3v) is 11.8. The number of nitrogens with one attached hydrogen (secondary N) is 3. The highest BCUT2D eigenvalue weighted by atomic mass is 16.7. The van der Waals surface area contributed by atoms with Gasteiger partial charge in [-0.3, -0.25) is 9.59 Å². The zero-order chi connectivity index (χ0) is 38.8. The van der Waals surface area contributed by atoms with Crippen LogP contribution in [-0.2, 0) is 33.3 Å². The Morgan fingerprint density at radius 3 is 2.33 bits per heavy atom. The first kappa shape index (κ1) is 44.5. The number of esters is 1. The number of carbonyl (C=O) groups excluding carboxylic acids is 3. The molecule has 3 aliphatic heterocycles. The molecule has 0 aromatic rings. The lowest BCUT2D eigenvalue weighted by atomic mass is 9.78. The van der Waals surface area contributed by atoms with E-state index < -0.39 is 65.7 Å². The lowest BCUT2D eigenvalue weighted by Gasteiger charge is -2.47. The molecule has 4 unspecified atom stereocenters. The van der Waals surface area contributed by atoms with Crippen LogP contribution in [0.15, 0.2) is 0 Å². The second-order valence-electron chi connectivity index (χ2n) is 16.4. The number of nitrogens with zero attached hydrogens (tertiary/aromatic N) is 1. The molecule has 13 heteroatoms. The summed E-state index contributed by atoms with van der Waals surface area (Å²) in [6, 6.07) is -0.974. The Bertz CT molecular complexity index is 1150. The summed E-state index contributed by atoms with van der Waals surface area (Å²) < 4.78 is 31.3. The molecule has 13 nitrogen and oxygen atoms in total. The Labute approximate surface area is 313 Å². The second kappa shape index (κ2) is 20.2. The zero-order valence-electron chi connectivity index (χ0n) is 34.0. The minimum atomic E-state index is -1.16. The lowest BCUT2D eigenvalue weighted by Crippen LogP contribution is -2.60. The SMILES string of the molecule is CCCCCCCCNCC1CC(N(C)C)C(O)[C@H](O[C@@H]2[C@@H](C)C(=O)C(C)C(=O)O[C@H](CC)[C@@]3(C)OC(=O)N[C@@H]3[C@@H](C)NC[C@H](C)C[C@@]2(C)OC)O1. The molecule has 0 radical (unpaired) electrons. The maximum absolute atomic E-state index is 14.3. The number of Topliss-reactive ketones (excluding diaryl/α,β-unsaturated/α-hetero) is 1. The summed E-state index contributed by atoms with van der Waals surface area (Å²) >= 11 is 0. The summed E-state index contributed by atoms with van der Waals surface area (Å²) in [5.41, 5.74) is -2.18. The van der Waals surface area contributed by atoms with E-state index in [1.807, 2.05) is 39.8 Å². The van der Waals surface area contributed by atoms with Gasteiger partial charge in [-0.25, -0.2) is 4.79 Å². The van der Waals surface area contributed by atoms with Gasteiger partial charge in [0.15, 0.2) is 17.7 Å². The number of unbranched alkanes of at least 4 members (excludes halogenated alkanes) is 5. The maximum atomic E-state index is 14.3. The summed E-state index contributed by atoms with van der Waals surface area (Å²) in [6.45, 7) is 17.2. The van der Waals surface area contributed by atoms with E-state index in [4.69, 9.17) is 23.7 Å². The topological polar surface area (TPSA) is 157 Å². The van der Waals surface area contributed by atoms with E-state index >= 15 is 0 Å². The third kappa shape index (κ3) is 11.1. The number of hydrogen-bond donors (Lipinski definition) is 4. The largest absolute Gasteiger partial charge is 0.458 e. The minimum absolute atomic E-state index is 0.0260. The van der Waals surface area contributed by atoms with Crippen molar-refractivity contribution >= 4 is 17.8 Å². The molecule has 1 amide bonds. The molecule has 52 heavy (non-hydrogen) atoms. The van der Waals surface area contributed by atoms with Crippen LogP contribution in [0.5, 0.6) is 0 Å². The van der Waals surface area contributed by atoms with Gasteiger partial charge in [-0.1, -0.05) is 59.8 Å². The molecule has 3 rings (SSSR count). The van der Waals surface area contributed by atoms with Gasteiger partial charge in [0.2, 0.25) is 0 Å².